The van der Waals surface area contributed by atoms with Gasteiger partial charge in [-0.1, -0.05) is 13.8 Å². The average Bonchev–Trinajstić information content (AvgIpc) is 2.83. The van der Waals surface area contributed by atoms with Gasteiger partial charge in [0.2, 0.25) is 0 Å². The lowest BCUT2D eigenvalue weighted by Gasteiger charge is -2.62. The summed E-state index contributed by atoms with van der Waals surface area (Å²) in [5.41, 5.74) is -5.47. The first kappa shape index (κ1) is 37.7. The van der Waals surface area contributed by atoms with Crippen LogP contribution in [0, 0.1) is 29.6 Å². The van der Waals surface area contributed by atoms with E-state index in [1.165, 1.54) is 13.8 Å². The van der Waals surface area contributed by atoms with Gasteiger partial charge in [-0.25, -0.2) is 4.79 Å². The third-order valence-electron chi connectivity index (χ3n) is 9.38. The summed E-state index contributed by atoms with van der Waals surface area (Å²) in [5, 5.41) is 10.4. The van der Waals surface area contributed by atoms with E-state index in [1.54, 1.807) is 0 Å². The number of aliphatic hydroxyl groups is 1. The summed E-state index contributed by atoms with van der Waals surface area (Å²) in [6, 6.07) is 0. The highest BCUT2D eigenvalue weighted by molar-refractivity contribution is 5.79. The third kappa shape index (κ3) is 5.06. The number of alkyl halides is 17. The van der Waals surface area contributed by atoms with Crippen molar-refractivity contribution in [1.29, 1.82) is 0 Å². The largest absolute Gasteiger partial charge is 0.460 e. The first-order valence-corrected chi connectivity index (χ1v) is 13.4. The summed E-state index contributed by atoms with van der Waals surface area (Å²) in [5.74, 6) is -61.0. The molecule has 0 amide bonds. The fourth-order valence-electron chi connectivity index (χ4n) is 7.23. The summed E-state index contributed by atoms with van der Waals surface area (Å²) in [6.45, 7) is 3.06. The van der Waals surface area contributed by atoms with Crippen molar-refractivity contribution in [2.75, 3.05) is 0 Å². The van der Waals surface area contributed by atoms with E-state index < -0.39 is 89.0 Å². The first-order valence-electron chi connectivity index (χ1n) is 13.4. The fraction of sp³-hybridized carbons (Fsp3) is 0.960. The Hall–Kier alpha value is -1.76. The predicted octanol–water partition coefficient (Wildman–Crippen LogP) is 8.53. The van der Waals surface area contributed by atoms with Crippen LogP contribution in [0.25, 0.3) is 0 Å². The number of ether oxygens (including phenoxy) is 1. The number of hydrogen-bond donors (Lipinski definition) is 1. The Balaban J connectivity index is 1.94. The van der Waals surface area contributed by atoms with Crippen LogP contribution >= 0.6 is 0 Å². The molecule has 1 N–H and O–H groups in total. The Morgan fingerprint density at radius 2 is 0.978 bits per heavy atom. The minimum Gasteiger partial charge on any atom is -0.456 e. The van der Waals surface area contributed by atoms with Gasteiger partial charge in [0, 0.05) is 0 Å². The minimum atomic E-state index is -8.76. The van der Waals surface area contributed by atoms with Gasteiger partial charge in [-0.15, -0.1) is 0 Å². The number of rotatable bonds is 11. The Morgan fingerprint density at radius 3 is 1.31 bits per heavy atom. The molecule has 0 aliphatic heterocycles. The molecule has 264 valence electrons. The normalized spacial score (nSPS) is 30.1. The highest BCUT2D eigenvalue weighted by Gasteiger charge is 2.95. The lowest BCUT2D eigenvalue weighted by Crippen LogP contribution is -2.74. The van der Waals surface area contributed by atoms with Crippen LogP contribution in [0.15, 0.2) is 0 Å². The molecule has 0 heterocycles. The number of carbonyl (C=O) groups is 1. The number of carbonyl (C=O) groups excluding carboxylic acids is 1. The molecule has 4 bridgehead atoms. The second-order valence-corrected chi connectivity index (χ2v) is 12.8. The van der Waals surface area contributed by atoms with Gasteiger partial charge in [0.05, 0.1) is 6.42 Å². The topological polar surface area (TPSA) is 46.5 Å². The van der Waals surface area contributed by atoms with Crippen LogP contribution < -0.4 is 0 Å². The van der Waals surface area contributed by atoms with Crippen LogP contribution in [0.2, 0.25) is 0 Å². The van der Waals surface area contributed by atoms with Crippen molar-refractivity contribution >= 4 is 5.97 Å². The Morgan fingerprint density at radius 1 is 0.644 bits per heavy atom. The van der Waals surface area contributed by atoms with E-state index in [-0.39, 0.29) is 18.8 Å². The van der Waals surface area contributed by atoms with E-state index in [2.05, 4.69) is 0 Å². The Labute approximate surface area is 243 Å². The van der Waals surface area contributed by atoms with Gasteiger partial charge in [0.25, 0.3) is 0 Å². The number of halogens is 17. The molecule has 20 heteroatoms. The SMILES string of the molecule is CC(C)C1(OC(=O)C(C)(O)CC(F)(F)C(F)(F)C(F)(F)C(F)(F)C(F)(F)C(F)(F)C(F)(F)C(F)(F)F)C2CC3CC(C2)CC1C3. The van der Waals surface area contributed by atoms with Gasteiger partial charge in [-0.2, -0.15) is 74.6 Å². The molecule has 3 nitrogen and oxygen atoms in total. The Bertz CT molecular complexity index is 1110. The molecule has 1 unspecified atom stereocenters. The zero-order valence-corrected chi connectivity index (χ0v) is 23.3. The van der Waals surface area contributed by atoms with E-state index in [4.69, 9.17) is 4.74 Å². The zero-order chi connectivity index (χ0) is 35.4. The summed E-state index contributed by atoms with van der Waals surface area (Å²) in [4.78, 5) is 12.9. The van der Waals surface area contributed by atoms with Gasteiger partial charge in [-0.05, 0) is 68.6 Å². The van der Waals surface area contributed by atoms with Crippen LogP contribution in [0.5, 0.6) is 0 Å². The summed E-state index contributed by atoms with van der Waals surface area (Å²) in [6.07, 6.45) is -8.39. The van der Waals surface area contributed by atoms with Crippen molar-refractivity contribution < 1.29 is 89.3 Å². The number of esters is 1. The standard InChI is InChI=1S/C25H27F17O3/c1-10(2)18(13-5-11-4-12(7-13)8-14(18)6-11)45-15(43)16(3,44)9-17(26,27)19(28,29)20(30,31)21(32,33)22(34,35)23(36,37)24(38,39)25(40,41)42/h10-14,44H,4-9H2,1-3H3. The van der Waals surface area contributed by atoms with Crippen molar-refractivity contribution in [3.8, 4) is 0 Å². The van der Waals surface area contributed by atoms with Crippen LogP contribution in [-0.2, 0) is 9.53 Å². The minimum absolute atomic E-state index is 0.00759. The van der Waals surface area contributed by atoms with Crippen molar-refractivity contribution in [1.82, 2.24) is 0 Å². The molecule has 4 saturated carbocycles. The molecule has 4 fully saturated rings. The molecule has 0 aromatic carbocycles. The lowest BCUT2D eigenvalue weighted by molar-refractivity contribution is -0.462. The molecule has 45 heavy (non-hydrogen) atoms. The van der Waals surface area contributed by atoms with Gasteiger partial charge >= 0.3 is 53.6 Å². The van der Waals surface area contributed by atoms with Gasteiger partial charge < -0.3 is 9.84 Å². The molecule has 4 aliphatic carbocycles. The molecule has 0 spiro atoms. The highest BCUT2D eigenvalue weighted by Crippen LogP contribution is 2.65. The second-order valence-electron chi connectivity index (χ2n) is 12.8. The maximum absolute atomic E-state index is 14.6. The van der Waals surface area contributed by atoms with E-state index in [0.717, 1.165) is 6.42 Å². The van der Waals surface area contributed by atoms with Gasteiger partial charge in [-0.3, -0.25) is 0 Å². The molecule has 0 aromatic heterocycles. The van der Waals surface area contributed by atoms with Crippen LogP contribution in [0.1, 0.15) is 59.3 Å². The molecule has 0 aromatic rings. The molecule has 0 saturated heterocycles. The van der Waals surface area contributed by atoms with Crippen LogP contribution in [-0.4, -0.2) is 69.9 Å². The molecular formula is C25H27F17O3. The molecule has 1 atom stereocenters. The second kappa shape index (κ2) is 10.4. The maximum Gasteiger partial charge on any atom is 0.460 e. The van der Waals surface area contributed by atoms with Gasteiger partial charge in [0.15, 0.2) is 5.60 Å². The highest BCUT2D eigenvalue weighted by atomic mass is 19.4. The van der Waals surface area contributed by atoms with E-state index in [0.29, 0.717) is 25.7 Å². The van der Waals surface area contributed by atoms with Crippen LogP contribution in [0.4, 0.5) is 74.6 Å². The summed E-state index contributed by atoms with van der Waals surface area (Å²) in [7, 11) is 0. The summed E-state index contributed by atoms with van der Waals surface area (Å²) < 4.78 is 237. The lowest BCUT2D eigenvalue weighted by atomic mass is 9.47. The van der Waals surface area contributed by atoms with Crippen molar-refractivity contribution in [3.63, 3.8) is 0 Å². The van der Waals surface area contributed by atoms with Gasteiger partial charge in [0.1, 0.15) is 5.60 Å². The first-order chi connectivity index (χ1) is 19.7. The third-order valence-corrected chi connectivity index (χ3v) is 9.38. The van der Waals surface area contributed by atoms with Crippen molar-refractivity contribution in [2.24, 2.45) is 29.6 Å². The molecule has 4 aliphatic rings. The van der Waals surface area contributed by atoms with E-state index >= 15 is 0 Å². The van der Waals surface area contributed by atoms with Crippen molar-refractivity contribution in [3.05, 3.63) is 0 Å². The maximum atomic E-state index is 14.6. The number of hydrogen-bond acceptors (Lipinski definition) is 3. The molecule has 0 radical (unpaired) electrons. The molecule has 4 rings (SSSR count). The summed E-state index contributed by atoms with van der Waals surface area (Å²) >= 11 is 0. The van der Waals surface area contributed by atoms with Crippen LogP contribution in [0.3, 0.4) is 0 Å². The Kier molecular flexibility index (Phi) is 8.69. The van der Waals surface area contributed by atoms with E-state index in [1.807, 2.05) is 0 Å². The smallest absolute Gasteiger partial charge is 0.456 e. The monoisotopic (exact) mass is 698 g/mol. The fourth-order valence-corrected chi connectivity index (χ4v) is 7.23. The average molecular weight is 698 g/mol. The molecular weight excluding hydrogens is 671 g/mol. The predicted molar refractivity (Wildman–Crippen MR) is 117 cm³/mol. The van der Waals surface area contributed by atoms with Crippen molar-refractivity contribution in [2.45, 2.75) is 118 Å². The van der Waals surface area contributed by atoms with E-state index in [9.17, 15) is 84.5 Å². The zero-order valence-electron chi connectivity index (χ0n) is 23.3. The quantitative estimate of drug-likeness (QED) is 0.174.